The molecule has 2 N–H and O–H groups in total. The van der Waals surface area contributed by atoms with Gasteiger partial charge in [0, 0.05) is 38.8 Å². The van der Waals surface area contributed by atoms with E-state index in [0.717, 1.165) is 51.5 Å². The van der Waals surface area contributed by atoms with Gasteiger partial charge < -0.3 is 10.4 Å². The van der Waals surface area contributed by atoms with Crippen molar-refractivity contribution >= 4 is 5.91 Å². The molecular formula is C16H31N3O2. The number of hydrogen-bond donors (Lipinski definition) is 2. The first-order valence-corrected chi connectivity index (χ1v) is 8.47. The standard InChI is InChI=1S/C16H31N3O2/c1-13-3-5-15(6-4-13)17-16(21)14(2)19-9-7-18(8-10-19)11-12-20/h13-15,20H,3-12H2,1-2H3,(H,17,21)/t13?,14-,15?/m1/s1. The van der Waals surface area contributed by atoms with Crippen molar-refractivity contribution in [3.05, 3.63) is 0 Å². The predicted molar refractivity (Wildman–Crippen MR) is 84.1 cm³/mol. The van der Waals surface area contributed by atoms with E-state index in [2.05, 4.69) is 22.0 Å². The number of aliphatic hydroxyl groups excluding tert-OH is 1. The highest BCUT2D eigenvalue weighted by molar-refractivity contribution is 5.81. The van der Waals surface area contributed by atoms with E-state index < -0.39 is 0 Å². The first-order chi connectivity index (χ1) is 10.1. The largest absolute Gasteiger partial charge is 0.395 e. The molecule has 0 spiro atoms. The molecule has 1 aliphatic heterocycles. The Hall–Kier alpha value is -0.650. The van der Waals surface area contributed by atoms with E-state index in [1.165, 1.54) is 12.8 Å². The summed E-state index contributed by atoms with van der Waals surface area (Å²) in [6, 6.07) is 0.340. The molecule has 0 unspecified atom stereocenters. The summed E-state index contributed by atoms with van der Waals surface area (Å²) in [5.41, 5.74) is 0. The Morgan fingerprint density at radius 1 is 1.19 bits per heavy atom. The maximum absolute atomic E-state index is 12.4. The summed E-state index contributed by atoms with van der Waals surface area (Å²) in [7, 11) is 0. The summed E-state index contributed by atoms with van der Waals surface area (Å²) in [6.45, 7) is 8.99. The number of rotatable bonds is 5. The molecule has 122 valence electrons. The fraction of sp³-hybridized carbons (Fsp3) is 0.938. The van der Waals surface area contributed by atoms with E-state index in [1.54, 1.807) is 0 Å². The van der Waals surface area contributed by atoms with Crippen molar-refractivity contribution in [3.63, 3.8) is 0 Å². The van der Waals surface area contributed by atoms with Crippen LogP contribution in [0.1, 0.15) is 39.5 Å². The van der Waals surface area contributed by atoms with Gasteiger partial charge in [-0.15, -0.1) is 0 Å². The Morgan fingerprint density at radius 3 is 2.38 bits per heavy atom. The number of carbonyl (C=O) groups excluding carboxylic acids is 1. The molecule has 1 saturated heterocycles. The SMILES string of the molecule is CC1CCC(NC(=O)[C@@H](C)N2CCN(CCO)CC2)CC1. The van der Waals surface area contributed by atoms with Crippen LogP contribution < -0.4 is 5.32 Å². The topological polar surface area (TPSA) is 55.8 Å². The molecule has 5 heteroatoms. The first-order valence-electron chi connectivity index (χ1n) is 8.47. The quantitative estimate of drug-likeness (QED) is 0.783. The molecule has 2 aliphatic rings. The highest BCUT2D eigenvalue weighted by Crippen LogP contribution is 2.23. The van der Waals surface area contributed by atoms with Gasteiger partial charge in [-0.1, -0.05) is 6.92 Å². The molecule has 21 heavy (non-hydrogen) atoms. The summed E-state index contributed by atoms with van der Waals surface area (Å²) in [5.74, 6) is 1.00. The molecule has 0 radical (unpaired) electrons. The average Bonchev–Trinajstić information content (AvgIpc) is 2.50. The smallest absolute Gasteiger partial charge is 0.237 e. The Balaban J connectivity index is 1.72. The lowest BCUT2D eigenvalue weighted by Crippen LogP contribution is -2.55. The van der Waals surface area contributed by atoms with Gasteiger partial charge in [-0.05, 0) is 38.5 Å². The molecule has 1 heterocycles. The van der Waals surface area contributed by atoms with Gasteiger partial charge in [0.05, 0.1) is 12.6 Å². The summed E-state index contributed by atoms with van der Waals surface area (Å²) in [6.07, 6.45) is 4.73. The second kappa shape index (κ2) is 8.11. The van der Waals surface area contributed by atoms with E-state index in [1.807, 2.05) is 6.92 Å². The van der Waals surface area contributed by atoms with Crippen LogP contribution in [0.2, 0.25) is 0 Å². The lowest BCUT2D eigenvalue weighted by Gasteiger charge is -2.38. The number of nitrogens with zero attached hydrogens (tertiary/aromatic N) is 2. The van der Waals surface area contributed by atoms with Gasteiger partial charge in [-0.3, -0.25) is 14.6 Å². The number of nitrogens with one attached hydrogen (secondary N) is 1. The molecule has 2 fully saturated rings. The Bertz CT molecular complexity index is 321. The monoisotopic (exact) mass is 297 g/mol. The van der Waals surface area contributed by atoms with Crippen molar-refractivity contribution in [2.24, 2.45) is 5.92 Å². The lowest BCUT2D eigenvalue weighted by atomic mass is 9.87. The lowest BCUT2D eigenvalue weighted by molar-refractivity contribution is -0.127. The minimum Gasteiger partial charge on any atom is -0.395 e. The van der Waals surface area contributed by atoms with Gasteiger partial charge in [0.1, 0.15) is 0 Å². The zero-order chi connectivity index (χ0) is 15.2. The molecule has 0 aromatic heterocycles. The van der Waals surface area contributed by atoms with Crippen molar-refractivity contribution in [2.75, 3.05) is 39.3 Å². The van der Waals surface area contributed by atoms with E-state index in [4.69, 9.17) is 5.11 Å². The van der Waals surface area contributed by atoms with Crippen molar-refractivity contribution in [1.29, 1.82) is 0 Å². The van der Waals surface area contributed by atoms with Crippen LogP contribution in [-0.4, -0.2) is 72.2 Å². The van der Waals surface area contributed by atoms with Gasteiger partial charge in [-0.25, -0.2) is 0 Å². The van der Waals surface area contributed by atoms with Crippen molar-refractivity contribution in [3.8, 4) is 0 Å². The van der Waals surface area contributed by atoms with Crippen LogP contribution in [-0.2, 0) is 4.79 Å². The summed E-state index contributed by atoms with van der Waals surface area (Å²) < 4.78 is 0. The maximum Gasteiger partial charge on any atom is 0.237 e. The number of hydrogen-bond acceptors (Lipinski definition) is 4. The predicted octanol–water partition coefficient (Wildman–Crippen LogP) is 0.680. The molecular weight excluding hydrogens is 266 g/mol. The van der Waals surface area contributed by atoms with Crippen LogP contribution >= 0.6 is 0 Å². The zero-order valence-electron chi connectivity index (χ0n) is 13.6. The van der Waals surface area contributed by atoms with Crippen molar-refractivity contribution in [2.45, 2.75) is 51.6 Å². The third kappa shape index (κ3) is 4.94. The maximum atomic E-state index is 12.4. The normalized spacial score (nSPS) is 30.0. The molecule has 1 saturated carbocycles. The van der Waals surface area contributed by atoms with Gasteiger partial charge in [0.15, 0.2) is 0 Å². The van der Waals surface area contributed by atoms with Crippen molar-refractivity contribution < 1.29 is 9.90 Å². The zero-order valence-corrected chi connectivity index (χ0v) is 13.6. The summed E-state index contributed by atoms with van der Waals surface area (Å²) >= 11 is 0. The number of β-amino-alcohol motifs (C(OH)–C–C–N with tert-alkyl or cyclic N) is 1. The fourth-order valence-electron chi connectivity index (χ4n) is 3.41. The molecule has 1 amide bonds. The summed E-state index contributed by atoms with van der Waals surface area (Å²) in [4.78, 5) is 16.9. The van der Waals surface area contributed by atoms with Gasteiger partial charge >= 0.3 is 0 Å². The Labute approximate surface area is 128 Å². The highest BCUT2D eigenvalue weighted by atomic mass is 16.3. The van der Waals surface area contributed by atoms with Crippen LogP contribution in [0.15, 0.2) is 0 Å². The van der Waals surface area contributed by atoms with E-state index in [0.29, 0.717) is 6.04 Å². The van der Waals surface area contributed by atoms with Crippen LogP contribution in [0.4, 0.5) is 0 Å². The molecule has 1 aliphatic carbocycles. The molecule has 0 bridgehead atoms. The number of aliphatic hydroxyl groups is 1. The van der Waals surface area contributed by atoms with Gasteiger partial charge in [-0.2, -0.15) is 0 Å². The van der Waals surface area contributed by atoms with Crippen molar-refractivity contribution in [1.82, 2.24) is 15.1 Å². The minimum absolute atomic E-state index is 0.0411. The third-order valence-corrected chi connectivity index (χ3v) is 5.11. The first kappa shape index (κ1) is 16.7. The van der Waals surface area contributed by atoms with E-state index in [-0.39, 0.29) is 18.6 Å². The molecule has 2 rings (SSSR count). The number of carbonyl (C=O) groups is 1. The number of piperazine rings is 1. The van der Waals surface area contributed by atoms with E-state index in [9.17, 15) is 4.79 Å². The van der Waals surface area contributed by atoms with Gasteiger partial charge in [0.25, 0.3) is 0 Å². The van der Waals surface area contributed by atoms with Crippen LogP contribution in [0.25, 0.3) is 0 Å². The van der Waals surface area contributed by atoms with Crippen LogP contribution in [0, 0.1) is 5.92 Å². The highest BCUT2D eigenvalue weighted by Gasteiger charge is 2.27. The third-order valence-electron chi connectivity index (χ3n) is 5.11. The molecule has 5 nitrogen and oxygen atoms in total. The molecule has 1 atom stereocenters. The van der Waals surface area contributed by atoms with Crippen LogP contribution in [0.3, 0.4) is 0 Å². The average molecular weight is 297 g/mol. The number of amides is 1. The fourth-order valence-corrected chi connectivity index (χ4v) is 3.41. The minimum atomic E-state index is -0.0411. The Kier molecular flexibility index (Phi) is 6.45. The second-order valence-corrected chi connectivity index (χ2v) is 6.74. The second-order valence-electron chi connectivity index (χ2n) is 6.74. The summed E-state index contributed by atoms with van der Waals surface area (Å²) in [5, 5.41) is 12.2. The van der Waals surface area contributed by atoms with E-state index >= 15 is 0 Å². The van der Waals surface area contributed by atoms with Crippen LogP contribution in [0.5, 0.6) is 0 Å². The molecule has 0 aromatic rings. The molecule has 0 aromatic carbocycles. The Morgan fingerprint density at radius 2 is 1.81 bits per heavy atom. The van der Waals surface area contributed by atoms with Gasteiger partial charge in [0.2, 0.25) is 5.91 Å².